The molecule has 6 heteroatoms. The minimum atomic E-state index is -0.315. The first-order valence-electron chi connectivity index (χ1n) is 7.78. The Hall–Kier alpha value is -2.11. The molecular weight excluding hydrogens is 331 g/mol. The number of nitrogens with one attached hydrogen (secondary N) is 1. The normalized spacial score (nSPS) is 14.5. The molecule has 24 heavy (non-hydrogen) atoms. The second-order valence-electron chi connectivity index (χ2n) is 5.62. The number of ether oxygens (including phenoxy) is 1. The van der Waals surface area contributed by atoms with E-state index in [9.17, 15) is 9.18 Å². The van der Waals surface area contributed by atoms with E-state index < -0.39 is 0 Å². The van der Waals surface area contributed by atoms with E-state index in [0.29, 0.717) is 23.9 Å². The van der Waals surface area contributed by atoms with Gasteiger partial charge in [-0.3, -0.25) is 4.79 Å². The molecule has 0 spiro atoms. The number of benzene rings is 2. The first-order valence-corrected chi connectivity index (χ1v) is 8.16. The number of morpholine rings is 1. The van der Waals surface area contributed by atoms with E-state index in [0.717, 1.165) is 24.3 Å². The summed E-state index contributed by atoms with van der Waals surface area (Å²) in [6.07, 6.45) is 0.184. The largest absolute Gasteiger partial charge is 0.378 e. The fourth-order valence-corrected chi connectivity index (χ4v) is 2.94. The van der Waals surface area contributed by atoms with Crippen molar-refractivity contribution in [1.29, 1.82) is 0 Å². The molecule has 1 N–H and O–H groups in total. The number of nitrogens with zero attached hydrogens (tertiary/aromatic N) is 1. The van der Waals surface area contributed by atoms with E-state index in [2.05, 4.69) is 10.2 Å². The van der Waals surface area contributed by atoms with Crippen LogP contribution in [0.25, 0.3) is 0 Å². The van der Waals surface area contributed by atoms with Crippen LogP contribution in [0.4, 0.5) is 15.8 Å². The van der Waals surface area contributed by atoms with Crippen LogP contribution in [0.15, 0.2) is 42.5 Å². The van der Waals surface area contributed by atoms with Gasteiger partial charge >= 0.3 is 0 Å². The summed E-state index contributed by atoms with van der Waals surface area (Å²) in [6.45, 7) is 2.98. The SMILES string of the molecule is O=C(Cc1ccc(F)cc1)Nc1ccc(N2CCOCC2)c(Cl)c1. The van der Waals surface area contributed by atoms with Crippen LogP contribution >= 0.6 is 11.6 Å². The van der Waals surface area contributed by atoms with Crippen molar-refractivity contribution < 1.29 is 13.9 Å². The van der Waals surface area contributed by atoms with Gasteiger partial charge in [0.2, 0.25) is 5.91 Å². The summed E-state index contributed by atoms with van der Waals surface area (Å²) in [5.74, 6) is -0.485. The Kier molecular flexibility index (Phi) is 5.33. The van der Waals surface area contributed by atoms with Crippen molar-refractivity contribution in [2.45, 2.75) is 6.42 Å². The molecule has 0 saturated carbocycles. The Bertz CT molecular complexity index is 715. The summed E-state index contributed by atoms with van der Waals surface area (Å²) in [6, 6.07) is 11.4. The van der Waals surface area contributed by atoms with E-state index in [1.54, 1.807) is 18.2 Å². The molecule has 0 atom stereocenters. The van der Waals surface area contributed by atoms with Gasteiger partial charge in [-0.15, -0.1) is 0 Å². The van der Waals surface area contributed by atoms with Crippen LogP contribution in [-0.2, 0) is 16.0 Å². The predicted molar refractivity (Wildman–Crippen MR) is 93.2 cm³/mol. The number of amides is 1. The molecule has 1 saturated heterocycles. The van der Waals surface area contributed by atoms with E-state index in [1.807, 2.05) is 12.1 Å². The van der Waals surface area contributed by atoms with Gasteiger partial charge in [0.15, 0.2) is 0 Å². The van der Waals surface area contributed by atoms with Crippen LogP contribution in [0.3, 0.4) is 0 Å². The van der Waals surface area contributed by atoms with Gasteiger partial charge in [0.05, 0.1) is 30.3 Å². The molecule has 2 aromatic rings. The van der Waals surface area contributed by atoms with Crippen LogP contribution in [-0.4, -0.2) is 32.2 Å². The van der Waals surface area contributed by atoms with Crippen molar-refractivity contribution in [3.05, 3.63) is 58.9 Å². The highest BCUT2D eigenvalue weighted by Gasteiger charge is 2.15. The number of halogens is 2. The van der Waals surface area contributed by atoms with E-state index >= 15 is 0 Å². The average Bonchev–Trinajstić information content (AvgIpc) is 2.58. The van der Waals surface area contributed by atoms with Crippen molar-refractivity contribution in [2.75, 3.05) is 36.5 Å². The molecule has 2 aromatic carbocycles. The number of anilines is 2. The maximum Gasteiger partial charge on any atom is 0.228 e. The molecule has 1 fully saturated rings. The third kappa shape index (κ3) is 4.24. The molecule has 0 unspecified atom stereocenters. The Morgan fingerprint density at radius 2 is 1.88 bits per heavy atom. The molecule has 0 radical (unpaired) electrons. The molecule has 4 nitrogen and oxygen atoms in total. The molecular formula is C18H18ClFN2O2. The number of hydrogen-bond donors (Lipinski definition) is 1. The van der Waals surface area contributed by atoms with Crippen molar-refractivity contribution >= 4 is 28.9 Å². The lowest BCUT2D eigenvalue weighted by atomic mass is 10.1. The first kappa shape index (κ1) is 16.7. The minimum Gasteiger partial charge on any atom is -0.378 e. The third-order valence-corrected chi connectivity index (χ3v) is 4.16. The van der Waals surface area contributed by atoms with E-state index in [-0.39, 0.29) is 18.1 Å². The number of hydrogen-bond acceptors (Lipinski definition) is 3. The molecule has 1 heterocycles. The smallest absolute Gasteiger partial charge is 0.228 e. The van der Waals surface area contributed by atoms with Crippen LogP contribution < -0.4 is 10.2 Å². The maximum absolute atomic E-state index is 12.9. The summed E-state index contributed by atoms with van der Waals surface area (Å²) in [5.41, 5.74) is 2.34. The lowest BCUT2D eigenvalue weighted by Gasteiger charge is -2.29. The molecule has 0 aliphatic carbocycles. The highest BCUT2D eigenvalue weighted by atomic mass is 35.5. The number of carbonyl (C=O) groups is 1. The van der Waals surface area contributed by atoms with Gasteiger partial charge in [-0.05, 0) is 35.9 Å². The van der Waals surface area contributed by atoms with Gasteiger partial charge in [0.25, 0.3) is 0 Å². The Balaban J connectivity index is 1.63. The Morgan fingerprint density at radius 3 is 2.54 bits per heavy atom. The van der Waals surface area contributed by atoms with Crippen LogP contribution in [0.1, 0.15) is 5.56 Å². The zero-order chi connectivity index (χ0) is 16.9. The minimum absolute atomic E-state index is 0.170. The molecule has 0 aromatic heterocycles. The molecule has 126 valence electrons. The zero-order valence-corrected chi connectivity index (χ0v) is 13.9. The quantitative estimate of drug-likeness (QED) is 0.919. The van der Waals surface area contributed by atoms with Crippen LogP contribution in [0.5, 0.6) is 0 Å². The topological polar surface area (TPSA) is 41.6 Å². The van der Waals surface area contributed by atoms with Crippen molar-refractivity contribution in [3.63, 3.8) is 0 Å². The van der Waals surface area contributed by atoms with Gasteiger partial charge in [-0.25, -0.2) is 4.39 Å². The molecule has 1 aliphatic heterocycles. The van der Waals surface area contributed by atoms with Gasteiger partial charge < -0.3 is 15.0 Å². The summed E-state index contributed by atoms with van der Waals surface area (Å²) >= 11 is 6.35. The molecule has 3 rings (SSSR count). The van der Waals surface area contributed by atoms with Gasteiger partial charge in [0, 0.05) is 18.8 Å². The van der Waals surface area contributed by atoms with Gasteiger partial charge in [0.1, 0.15) is 5.82 Å². The molecule has 1 aliphatic rings. The predicted octanol–water partition coefficient (Wildman–Crippen LogP) is 3.50. The fraction of sp³-hybridized carbons (Fsp3) is 0.278. The fourth-order valence-electron chi connectivity index (χ4n) is 2.64. The second-order valence-corrected chi connectivity index (χ2v) is 6.02. The summed E-state index contributed by atoms with van der Waals surface area (Å²) < 4.78 is 18.2. The van der Waals surface area contributed by atoms with Gasteiger partial charge in [-0.2, -0.15) is 0 Å². The second kappa shape index (κ2) is 7.64. The van der Waals surface area contributed by atoms with Crippen molar-refractivity contribution in [2.24, 2.45) is 0 Å². The van der Waals surface area contributed by atoms with Gasteiger partial charge in [-0.1, -0.05) is 23.7 Å². The number of carbonyl (C=O) groups excluding carboxylic acids is 1. The van der Waals surface area contributed by atoms with Crippen molar-refractivity contribution in [1.82, 2.24) is 0 Å². The third-order valence-electron chi connectivity index (χ3n) is 3.86. The highest BCUT2D eigenvalue weighted by Crippen LogP contribution is 2.29. The first-order chi connectivity index (χ1) is 11.6. The molecule has 0 bridgehead atoms. The lowest BCUT2D eigenvalue weighted by molar-refractivity contribution is -0.115. The van der Waals surface area contributed by atoms with Crippen LogP contribution in [0, 0.1) is 5.82 Å². The van der Waals surface area contributed by atoms with E-state index in [4.69, 9.17) is 16.3 Å². The monoisotopic (exact) mass is 348 g/mol. The average molecular weight is 349 g/mol. The lowest BCUT2D eigenvalue weighted by Crippen LogP contribution is -2.36. The summed E-state index contributed by atoms with van der Waals surface area (Å²) in [7, 11) is 0. The Morgan fingerprint density at radius 1 is 1.17 bits per heavy atom. The number of rotatable bonds is 4. The summed E-state index contributed by atoms with van der Waals surface area (Å²) in [5, 5.41) is 3.41. The highest BCUT2D eigenvalue weighted by molar-refractivity contribution is 6.33. The maximum atomic E-state index is 12.9. The zero-order valence-electron chi connectivity index (χ0n) is 13.1. The molecule has 1 amide bonds. The summed E-state index contributed by atoms with van der Waals surface area (Å²) in [4.78, 5) is 14.3. The standard InChI is InChI=1S/C18H18ClFN2O2/c19-16-12-15(5-6-17(16)22-7-9-24-10-8-22)21-18(23)11-13-1-3-14(20)4-2-13/h1-6,12H,7-11H2,(H,21,23). The van der Waals surface area contributed by atoms with E-state index in [1.165, 1.54) is 12.1 Å². The Labute approximate surface area is 145 Å². The van der Waals surface area contributed by atoms with Crippen LogP contribution in [0.2, 0.25) is 5.02 Å². The van der Waals surface area contributed by atoms with Crippen molar-refractivity contribution in [3.8, 4) is 0 Å².